The first-order chi connectivity index (χ1) is 14.9. The van der Waals surface area contributed by atoms with Crippen molar-refractivity contribution in [3.8, 4) is 0 Å². The summed E-state index contributed by atoms with van der Waals surface area (Å²) in [5, 5.41) is 0. The molecule has 2 aromatic carbocycles. The van der Waals surface area contributed by atoms with Crippen LogP contribution in [0.1, 0.15) is 53.4 Å². The molecule has 0 N–H and O–H groups in total. The highest BCUT2D eigenvalue weighted by molar-refractivity contribution is 7.99. The fraction of sp³-hybridized carbons (Fsp3) is 0.440. The first-order valence-electron chi connectivity index (χ1n) is 11.1. The predicted molar refractivity (Wildman–Crippen MR) is 131 cm³/mol. The SMILES string of the molecule is CCCCN(CCCC)c1ccc2c(c1)Sc1cc(N(C)C(C)=O)ccc1N2C(C)=O. The molecule has 3 rings (SSSR count). The lowest BCUT2D eigenvalue weighted by Gasteiger charge is -2.33. The van der Waals surface area contributed by atoms with Crippen LogP contribution in [0.25, 0.3) is 0 Å². The second-order valence-corrected chi connectivity index (χ2v) is 9.12. The van der Waals surface area contributed by atoms with Gasteiger partial charge in [0.15, 0.2) is 0 Å². The summed E-state index contributed by atoms with van der Waals surface area (Å²) in [5.74, 6) is -0.0357. The van der Waals surface area contributed by atoms with Gasteiger partial charge in [0.2, 0.25) is 11.8 Å². The van der Waals surface area contributed by atoms with Crippen LogP contribution in [0.5, 0.6) is 0 Å². The Morgan fingerprint density at radius 3 is 1.87 bits per heavy atom. The molecule has 0 atom stereocenters. The Bertz CT molecular complexity index is 952. The second-order valence-electron chi connectivity index (χ2n) is 8.03. The summed E-state index contributed by atoms with van der Waals surface area (Å²) in [4.78, 5) is 32.3. The van der Waals surface area contributed by atoms with Crippen molar-refractivity contribution < 1.29 is 9.59 Å². The summed E-state index contributed by atoms with van der Waals surface area (Å²) < 4.78 is 0. The Hall–Kier alpha value is -2.47. The zero-order chi connectivity index (χ0) is 22.5. The second kappa shape index (κ2) is 10.2. The van der Waals surface area contributed by atoms with Crippen LogP contribution in [-0.2, 0) is 9.59 Å². The van der Waals surface area contributed by atoms with Crippen LogP contribution in [0, 0.1) is 0 Å². The van der Waals surface area contributed by atoms with Crippen molar-refractivity contribution in [2.75, 3.05) is 34.8 Å². The molecule has 5 nitrogen and oxygen atoms in total. The highest BCUT2D eigenvalue weighted by Crippen LogP contribution is 2.50. The van der Waals surface area contributed by atoms with Crippen LogP contribution < -0.4 is 14.7 Å². The van der Waals surface area contributed by atoms with Crippen LogP contribution in [-0.4, -0.2) is 32.0 Å². The maximum absolute atomic E-state index is 12.6. The zero-order valence-electron chi connectivity index (χ0n) is 19.3. The van der Waals surface area contributed by atoms with Gasteiger partial charge in [0, 0.05) is 55.2 Å². The number of benzene rings is 2. The van der Waals surface area contributed by atoms with Gasteiger partial charge >= 0.3 is 0 Å². The third kappa shape index (κ3) is 5.06. The summed E-state index contributed by atoms with van der Waals surface area (Å²) >= 11 is 1.67. The standard InChI is InChI=1S/C25H33N3O2S/c1-6-8-14-27(15-9-7-2)21-11-13-23-25(17-21)31-24-16-20(26(5)18(3)29)10-12-22(24)28(23)19(4)30/h10-13,16-17H,6-9,14-15H2,1-5H3. The highest BCUT2D eigenvalue weighted by atomic mass is 32.2. The normalized spacial score (nSPS) is 12.2. The molecule has 0 aromatic heterocycles. The number of hydrogen-bond acceptors (Lipinski definition) is 4. The smallest absolute Gasteiger partial charge is 0.228 e. The Morgan fingerprint density at radius 1 is 0.871 bits per heavy atom. The molecule has 1 aliphatic rings. The van der Waals surface area contributed by atoms with Gasteiger partial charge in [-0.05, 0) is 49.2 Å². The molecule has 1 heterocycles. The van der Waals surface area contributed by atoms with Crippen molar-refractivity contribution in [2.45, 2.75) is 63.2 Å². The number of amides is 2. The van der Waals surface area contributed by atoms with Gasteiger partial charge in [-0.2, -0.15) is 0 Å². The molecule has 0 saturated carbocycles. The molecule has 6 heteroatoms. The minimum Gasteiger partial charge on any atom is -0.372 e. The molecule has 0 unspecified atom stereocenters. The van der Waals surface area contributed by atoms with Gasteiger partial charge in [-0.3, -0.25) is 14.5 Å². The molecule has 0 aliphatic carbocycles. The van der Waals surface area contributed by atoms with Crippen LogP contribution in [0.15, 0.2) is 46.2 Å². The third-order valence-electron chi connectivity index (χ3n) is 5.69. The fourth-order valence-electron chi connectivity index (χ4n) is 3.78. The van der Waals surface area contributed by atoms with Crippen molar-refractivity contribution in [2.24, 2.45) is 0 Å². The van der Waals surface area contributed by atoms with E-state index in [0.29, 0.717) is 0 Å². The Balaban J connectivity index is 2.01. The van der Waals surface area contributed by atoms with Crippen molar-refractivity contribution in [3.63, 3.8) is 0 Å². The first-order valence-corrected chi connectivity index (χ1v) is 11.9. The minimum atomic E-state index is -0.0191. The van der Waals surface area contributed by atoms with Gasteiger partial charge in [0.1, 0.15) is 0 Å². The van der Waals surface area contributed by atoms with Crippen LogP contribution >= 0.6 is 11.8 Å². The summed E-state index contributed by atoms with van der Waals surface area (Å²) in [6, 6.07) is 12.3. The van der Waals surface area contributed by atoms with E-state index in [1.54, 1.807) is 42.5 Å². The topological polar surface area (TPSA) is 43.9 Å². The molecule has 166 valence electrons. The molecular weight excluding hydrogens is 406 g/mol. The summed E-state index contributed by atoms with van der Waals surface area (Å²) in [7, 11) is 1.77. The van der Waals surface area contributed by atoms with Crippen LogP contribution in [0.2, 0.25) is 0 Å². The largest absolute Gasteiger partial charge is 0.372 e. The zero-order valence-corrected chi connectivity index (χ0v) is 20.1. The molecule has 0 fully saturated rings. The van der Waals surface area contributed by atoms with E-state index in [9.17, 15) is 9.59 Å². The van der Waals surface area contributed by atoms with Crippen molar-refractivity contribution in [1.29, 1.82) is 0 Å². The van der Waals surface area contributed by atoms with Crippen molar-refractivity contribution in [1.82, 2.24) is 0 Å². The number of rotatable bonds is 8. The van der Waals surface area contributed by atoms with E-state index in [1.807, 2.05) is 18.2 Å². The van der Waals surface area contributed by atoms with Crippen LogP contribution in [0.4, 0.5) is 22.7 Å². The van der Waals surface area contributed by atoms with Crippen molar-refractivity contribution >= 4 is 46.3 Å². The van der Waals surface area contributed by atoms with Gasteiger partial charge in [-0.1, -0.05) is 38.5 Å². The van der Waals surface area contributed by atoms with Gasteiger partial charge < -0.3 is 9.80 Å². The summed E-state index contributed by atoms with van der Waals surface area (Å²) in [6.07, 6.45) is 4.66. The molecule has 0 spiro atoms. The highest BCUT2D eigenvalue weighted by Gasteiger charge is 2.27. The molecule has 0 radical (unpaired) electrons. The lowest BCUT2D eigenvalue weighted by atomic mass is 10.1. The average Bonchev–Trinajstić information content (AvgIpc) is 2.75. The lowest BCUT2D eigenvalue weighted by Crippen LogP contribution is -2.28. The first kappa shape index (κ1) is 23.2. The quantitative estimate of drug-likeness (QED) is 0.489. The van der Waals surface area contributed by atoms with E-state index in [0.717, 1.165) is 52.8 Å². The number of hydrogen-bond donors (Lipinski definition) is 0. The maximum Gasteiger partial charge on any atom is 0.228 e. The predicted octanol–water partition coefficient (Wildman–Crippen LogP) is 6.23. The number of carbonyl (C=O) groups is 2. The minimum absolute atomic E-state index is 0.0166. The monoisotopic (exact) mass is 439 g/mol. The molecule has 1 aliphatic heterocycles. The number of nitrogens with zero attached hydrogens (tertiary/aromatic N) is 3. The Kier molecular flexibility index (Phi) is 7.65. The fourth-order valence-corrected chi connectivity index (χ4v) is 4.91. The molecule has 2 amide bonds. The van der Waals surface area contributed by atoms with E-state index in [-0.39, 0.29) is 11.8 Å². The average molecular weight is 440 g/mol. The van der Waals surface area contributed by atoms with E-state index < -0.39 is 0 Å². The van der Waals surface area contributed by atoms with Gasteiger partial charge in [0.05, 0.1) is 11.4 Å². The maximum atomic E-state index is 12.6. The molecule has 0 bridgehead atoms. The number of fused-ring (bicyclic) bond motifs is 2. The van der Waals surface area contributed by atoms with E-state index in [4.69, 9.17) is 0 Å². The molecular formula is C25H33N3O2S. The van der Waals surface area contributed by atoms with Crippen LogP contribution in [0.3, 0.4) is 0 Å². The van der Waals surface area contributed by atoms with Gasteiger partial charge in [-0.15, -0.1) is 0 Å². The van der Waals surface area contributed by atoms with E-state index in [1.165, 1.54) is 18.5 Å². The lowest BCUT2D eigenvalue weighted by molar-refractivity contribution is -0.117. The van der Waals surface area contributed by atoms with Gasteiger partial charge in [0.25, 0.3) is 0 Å². The summed E-state index contributed by atoms with van der Waals surface area (Å²) in [5.41, 5.74) is 3.83. The Labute approximate surface area is 190 Å². The third-order valence-corrected chi connectivity index (χ3v) is 6.79. The Morgan fingerprint density at radius 2 is 1.39 bits per heavy atom. The number of anilines is 4. The number of unbranched alkanes of at least 4 members (excludes halogenated alkanes) is 2. The summed E-state index contributed by atoms with van der Waals surface area (Å²) in [6.45, 7) is 9.68. The van der Waals surface area contributed by atoms with Crippen molar-refractivity contribution in [3.05, 3.63) is 36.4 Å². The van der Waals surface area contributed by atoms with Gasteiger partial charge in [-0.25, -0.2) is 0 Å². The number of carbonyl (C=O) groups excluding carboxylic acids is 2. The molecule has 2 aromatic rings. The molecule has 0 saturated heterocycles. The van der Waals surface area contributed by atoms with E-state index in [2.05, 4.69) is 36.9 Å². The van der Waals surface area contributed by atoms with E-state index >= 15 is 0 Å². The molecule has 31 heavy (non-hydrogen) atoms.